The lowest BCUT2D eigenvalue weighted by Crippen LogP contribution is -2.42. The summed E-state index contributed by atoms with van der Waals surface area (Å²) in [7, 11) is 0. The number of nitrogen functional groups attached to an aromatic ring is 1. The van der Waals surface area contributed by atoms with E-state index in [-0.39, 0.29) is 35.1 Å². The second kappa shape index (κ2) is 8.41. The number of nitrogens with one attached hydrogen (secondary N) is 1. The summed E-state index contributed by atoms with van der Waals surface area (Å²) in [6.45, 7) is 3.54. The molecule has 6 N–H and O–H groups in total. The Morgan fingerprint density at radius 2 is 1.79 bits per heavy atom. The molecule has 29 heavy (non-hydrogen) atoms. The van der Waals surface area contributed by atoms with Crippen molar-refractivity contribution in [1.29, 1.82) is 0 Å². The van der Waals surface area contributed by atoms with Crippen LogP contribution in [-0.2, 0) is 0 Å². The number of nitrogens with two attached hydrogens (primary N) is 2. The summed E-state index contributed by atoms with van der Waals surface area (Å²) >= 11 is 0. The minimum atomic E-state index is -0.721. The predicted octanol–water partition coefficient (Wildman–Crippen LogP) is 1.90. The molecule has 1 atom stereocenters. The van der Waals surface area contributed by atoms with Crippen molar-refractivity contribution >= 4 is 28.1 Å². The van der Waals surface area contributed by atoms with Gasteiger partial charge in [0.2, 0.25) is 5.71 Å². The Morgan fingerprint density at radius 1 is 1.10 bits per heavy atom. The highest BCUT2D eigenvalue weighted by Crippen LogP contribution is 2.23. The van der Waals surface area contributed by atoms with Gasteiger partial charge in [0, 0.05) is 11.1 Å². The van der Waals surface area contributed by atoms with Gasteiger partial charge in [0.05, 0.1) is 23.9 Å². The van der Waals surface area contributed by atoms with Gasteiger partial charge in [0.15, 0.2) is 0 Å². The van der Waals surface area contributed by atoms with Gasteiger partial charge in [0.25, 0.3) is 5.91 Å². The highest BCUT2D eigenvalue weighted by atomic mass is 19.1. The summed E-state index contributed by atoms with van der Waals surface area (Å²) in [6.07, 6.45) is 0. The van der Waals surface area contributed by atoms with Crippen LogP contribution in [0.4, 0.5) is 10.1 Å². The summed E-state index contributed by atoms with van der Waals surface area (Å²) in [6, 6.07) is 15.6. The Kier molecular flexibility index (Phi) is 5.94. The van der Waals surface area contributed by atoms with Gasteiger partial charge >= 0.3 is 0 Å². The van der Waals surface area contributed by atoms with E-state index in [1.54, 1.807) is 0 Å². The number of hydrogen-bond acceptors (Lipinski definition) is 3. The number of hydrogen-bond donors (Lipinski definition) is 4. The molecular formula is C23H25FN3O2+. The highest BCUT2D eigenvalue weighted by molar-refractivity contribution is 6.14. The molecule has 3 aromatic rings. The number of fused-ring (bicyclic) bond motifs is 1. The van der Waals surface area contributed by atoms with Crippen molar-refractivity contribution in [2.24, 2.45) is 5.92 Å². The molecule has 0 aliphatic rings. The first-order valence-corrected chi connectivity index (χ1v) is 9.44. The molecule has 0 saturated carbocycles. The molecule has 5 nitrogen and oxygen atoms in total. The molecule has 150 valence electrons. The van der Waals surface area contributed by atoms with Crippen molar-refractivity contribution in [3.05, 3.63) is 77.1 Å². The molecule has 0 bridgehead atoms. The largest absolute Gasteiger partial charge is 0.396 e. The van der Waals surface area contributed by atoms with E-state index >= 15 is 0 Å². The number of aliphatic hydroxyl groups is 1. The maximum atomic E-state index is 14.5. The van der Waals surface area contributed by atoms with Crippen LogP contribution in [0, 0.1) is 11.7 Å². The average Bonchev–Trinajstić information content (AvgIpc) is 2.72. The Labute approximate surface area is 168 Å². The van der Waals surface area contributed by atoms with Crippen LogP contribution in [0.5, 0.6) is 0 Å². The van der Waals surface area contributed by atoms with Crippen molar-refractivity contribution in [3.63, 3.8) is 0 Å². The van der Waals surface area contributed by atoms with E-state index in [0.717, 1.165) is 16.8 Å². The summed E-state index contributed by atoms with van der Waals surface area (Å²) < 4.78 is 14.5. The molecule has 1 amide bonds. The monoisotopic (exact) mass is 394 g/mol. The number of rotatable bonds is 6. The first-order chi connectivity index (χ1) is 13.8. The molecule has 0 spiro atoms. The van der Waals surface area contributed by atoms with Gasteiger partial charge in [-0.05, 0) is 41.0 Å². The zero-order valence-electron chi connectivity index (χ0n) is 16.4. The van der Waals surface area contributed by atoms with Crippen LogP contribution in [0.25, 0.3) is 10.8 Å². The van der Waals surface area contributed by atoms with Crippen molar-refractivity contribution in [1.82, 2.24) is 5.32 Å². The van der Waals surface area contributed by atoms with E-state index in [2.05, 4.69) is 5.32 Å². The molecule has 0 heterocycles. The van der Waals surface area contributed by atoms with E-state index < -0.39 is 17.8 Å². The maximum Gasteiger partial charge on any atom is 0.251 e. The third kappa shape index (κ3) is 4.27. The summed E-state index contributed by atoms with van der Waals surface area (Å²) in [5, 5.41) is 20.5. The molecule has 0 unspecified atom stereocenters. The smallest absolute Gasteiger partial charge is 0.251 e. The maximum absolute atomic E-state index is 14.5. The summed E-state index contributed by atoms with van der Waals surface area (Å²) in [5.74, 6) is -1.19. The fourth-order valence-corrected chi connectivity index (χ4v) is 3.16. The molecule has 0 saturated heterocycles. The molecule has 3 aromatic carbocycles. The Balaban J connectivity index is 1.98. The number of anilines is 1. The second-order valence-electron chi connectivity index (χ2n) is 7.40. The molecule has 0 aromatic heterocycles. The zero-order valence-corrected chi connectivity index (χ0v) is 16.4. The number of carbonyl (C=O) groups excluding carboxylic acids is 1. The van der Waals surface area contributed by atoms with Gasteiger partial charge in [0.1, 0.15) is 5.82 Å². The summed E-state index contributed by atoms with van der Waals surface area (Å²) in [4.78, 5) is 12.6. The van der Waals surface area contributed by atoms with Crippen LogP contribution >= 0.6 is 0 Å². The van der Waals surface area contributed by atoms with Gasteiger partial charge in [-0.3, -0.25) is 10.2 Å². The lowest BCUT2D eigenvalue weighted by molar-refractivity contribution is -0.111. The van der Waals surface area contributed by atoms with E-state index in [1.807, 2.05) is 56.3 Å². The Morgan fingerprint density at radius 3 is 2.45 bits per heavy atom. The van der Waals surface area contributed by atoms with Crippen LogP contribution in [-0.4, -0.2) is 29.4 Å². The minimum absolute atomic E-state index is 0.0243. The van der Waals surface area contributed by atoms with Crippen LogP contribution in [0.3, 0.4) is 0 Å². The quantitative estimate of drug-likeness (QED) is 0.379. The topological polar surface area (TPSA) is 101 Å². The SMILES string of the molecule is CC(C)[C@@H](CO)NC(=O)c1cc(F)c(N)c(C(=[NH2+])c2ccc3ccccc3c2)c1. The lowest BCUT2D eigenvalue weighted by atomic mass is 9.96. The average molecular weight is 394 g/mol. The van der Waals surface area contributed by atoms with Crippen LogP contribution < -0.4 is 16.5 Å². The van der Waals surface area contributed by atoms with Crippen molar-refractivity contribution in [3.8, 4) is 0 Å². The summed E-state index contributed by atoms with van der Waals surface area (Å²) in [5.41, 5.74) is 7.13. The number of carbonyl (C=O) groups is 1. The predicted molar refractivity (Wildman–Crippen MR) is 113 cm³/mol. The van der Waals surface area contributed by atoms with E-state index in [9.17, 15) is 14.3 Å². The van der Waals surface area contributed by atoms with Crippen LogP contribution in [0.1, 0.15) is 35.3 Å². The fraction of sp³-hybridized carbons (Fsp3) is 0.217. The van der Waals surface area contributed by atoms with Gasteiger partial charge in [-0.2, -0.15) is 0 Å². The fourth-order valence-electron chi connectivity index (χ4n) is 3.16. The van der Waals surface area contributed by atoms with Gasteiger partial charge in [-0.1, -0.05) is 44.2 Å². The highest BCUT2D eigenvalue weighted by Gasteiger charge is 2.22. The molecule has 0 aliphatic heterocycles. The third-order valence-electron chi connectivity index (χ3n) is 5.06. The number of halogens is 1. The van der Waals surface area contributed by atoms with Crippen molar-refractivity contribution in [2.75, 3.05) is 12.3 Å². The van der Waals surface area contributed by atoms with Gasteiger partial charge < -0.3 is 16.2 Å². The molecule has 0 aliphatic carbocycles. The van der Waals surface area contributed by atoms with Crippen LogP contribution in [0.15, 0.2) is 54.6 Å². The molecule has 3 rings (SSSR count). The number of amides is 1. The standard InChI is InChI=1S/C23H24FN3O2/c1-13(2)20(12-28)27-23(29)17-10-18(22(26)19(24)11-17)21(25)16-8-7-14-5-3-4-6-15(14)9-16/h3-11,13,20,25,28H,12,26H2,1-2H3,(H,27,29)/p+1/t20-/m1/s1. The minimum Gasteiger partial charge on any atom is -0.396 e. The van der Waals surface area contributed by atoms with Gasteiger partial charge in [-0.25, -0.2) is 4.39 Å². The molecular weight excluding hydrogens is 369 g/mol. The Hall–Kier alpha value is -3.25. The third-order valence-corrected chi connectivity index (χ3v) is 5.06. The van der Waals surface area contributed by atoms with E-state index in [0.29, 0.717) is 5.56 Å². The first-order valence-electron chi connectivity index (χ1n) is 9.44. The van der Waals surface area contributed by atoms with Crippen molar-refractivity contribution < 1.29 is 19.7 Å². The van der Waals surface area contributed by atoms with E-state index in [1.165, 1.54) is 6.07 Å². The first kappa shape index (κ1) is 20.5. The second-order valence-corrected chi connectivity index (χ2v) is 7.40. The number of aliphatic hydroxyl groups excluding tert-OH is 1. The molecule has 0 fully saturated rings. The molecule has 6 heteroatoms. The zero-order chi connectivity index (χ0) is 21.1. The van der Waals surface area contributed by atoms with Gasteiger partial charge in [-0.15, -0.1) is 0 Å². The number of benzene rings is 3. The lowest BCUT2D eigenvalue weighted by Gasteiger charge is -2.20. The Bertz CT molecular complexity index is 1080. The van der Waals surface area contributed by atoms with Crippen molar-refractivity contribution in [2.45, 2.75) is 19.9 Å². The van der Waals surface area contributed by atoms with Crippen LogP contribution in [0.2, 0.25) is 0 Å². The molecule has 0 radical (unpaired) electrons. The normalized spacial score (nSPS) is 12.2. The van der Waals surface area contributed by atoms with E-state index in [4.69, 9.17) is 11.1 Å².